The highest BCUT2D eigenvalue weighted by Crippen LogP contribution is 2.43. The molecule has 2 saturated heterocycles. The molecule has 4 rings (SSSR count). The van der Waals surface area contributed by atoms with Gasteiger partial charge in [0.15, 0.2) is 0 Å². The molecule has 0 aromatic heterocycles. The number of ether oxygens (including phenoxy) is 2. The zero-order valence-electron chi connectivity index (χ0n) is 33.6. The molecule has 2 aliphatic carbocycles. The van der Waals surface area contributed by atoms with Crippen molar-refractivity contribution in [2.75, 3.05) is 0 Å². The van der Waals surface area contributed by atoms with E-state index in [0.717, 1.165) is 89.9 Å². The molecule has 0 aromatic carbocycles. The second kappa shape index (κ2) is 18.7. The third kappa shape index (κ3) is 12.7. The van der Waals surface area contributed by atoms with Crippen molar-refractivity contribution in [1.29, 1.82) is 0 Å². The average molecular weight is 705 g/mol. The van der Waals surface area contributed by atoms with Gasteiger partial charge in [0.2, 0.25) is 0 Å². The van der Waals surface area contributed by atoms with Gasteiger partial charge in [0.25, 0.3) is 0 Å². The fourth-order valence-corrected chi connectivity index (χ4v) is 9.81. The van der Waals surface area contributed by atoms with Crippen LogP contribution in [0.5, 0.6) is 0 Å². The highest BCUT2D eigenvalue weighted by Gasteiger charge is 2.50. The van der Waals surface area contributed by atoms with Gasteiger partial charge in [0.1, 0.15) is 12.2 Å². The monoisotopic (exact) mass is 705 g/mol. The maximum Gasteiger partial charge on any atom is 0.306 e. The molecule has 8 heteroatoms. The Bertz CT molecular complexity index is 923. The van der Waals surface area contributed by atoms with Crippen LogP contribution in [0.25, 0.3) is 0 Å². The van der Waals surface area contributed by atoms with Gasteiger partial charge < -0.3 is 9.47 Å². The summed E-state index contributed by atoms with van der Waals surface area (Å²) in [4.78, 5) is 39.0. The van der Waals surface area contributed by atoms with Crippen molar-refractivity contribution < 1.29 is 28.7 Å². The van der Waals surface area contributed by atoms with Crippen LogP contribution in [0.15, 0.2) is 0 Å². The van der Waals surface area contributed by atoms with Crippen LogP contribution < -0.4 is 0 Å². The fraction of sp³-hybridized carbons (Fsp3) is 0.952. The summed E-state index contributed by atoms with van der Waals surface area (Å²) in [6, 6.07) is 0. The van der Waals surface area contributed by atoms with Gasteiger partial charge in [-0.2, -0.15) is 10.1 Å². The van der Waals surface area contributed by atoms with Crippen LogP contribution in [0.4, 0.5) is 0 Å². The van der Waals surface area contributed by atoms with Crippen LogP contribution in [-0.2, 0) is 28.7 Å². The number of hydrogen-bond acceptors (Lipinski definition) is 8. The third-order valence-electron chi connectivity index (χ3n) is 11.8. The van der Waals surface area contributed by atoms with Gasteiger partial charge in [-0.25, -0.2) is 0 Å². The highest BCUT2D eigenvalue weighted by atomic mass is 16.7. The summed E-state index contributed by atoms with van der Waals surface area (Å²) in [5, 5.41) is 4.47. The number of hydroxylamine groups is 4. The molecule has 0 amide bonds. The van der Waals surface area contributed by atoms with Gasteiger partial charge in [-0.3, -0.25) is 19.3 Å². The van der Waals surface area contributed by atoms with Crippen LogP contribution in [0.1, 0.15) is 209 Å². The Hall–Kier alpha value is -1.22. The molecular formula is C42H76N2O6. The Morgan fingerprint density at radius 3 is 1.02 bits per heavy atom. The summed E-state index contributed by atoms with van der Waals surface area (Å²) in [6.07, 6.45) is 25.3. The molecular weight excluding hydrogens is 628 g/mol. The van der Waals surface area contributed by atoms with Crippen molar-refractivity contribution in [3.8, 4) is 0 Å². The summed E-state index contributed by atoms with van der Waals surface area (Å²) >= 11 is 0. The summed E-state index contributed by atoms with van der Waals surface area (Å²) in [5.74, 6) is -0.147. The molecule has 0 radical (unpaired) electrons. The second-order valence-electron chi connectivity index (χ2n) is 18.9. The molecule has 0 spiro atoms. The maximum atomic E-state index is 12.8. The lowest BCUT2D eigenvalue weighted by atomic mass is 9.80. The van der Waals surface area contributed by atoms with Gasteiger partial charge in [-0.15, -0.1) is 0 Å². The van der Waals surface area contributed by atoms with Crippen molar-refractivity contribution in [2.24, 2.45) is 0 Å². The molecule has 0 atom stereocenters. The normalized spacial score (nSPS) is 25.8. The Morgan fingerprint density at radius 1 is 0.440 bits per heavy atom. The number of piperidine rings is 2. The largest absolute Gasteiger partial charge is 0.462 e. The van der Waals surface area contributed by atoms with E-state index in [1.165, 1.54) is 51.4 Å². The maximum absolute atomic E-state index is 12.8. The van der Waals surface area contributed by atoms with E-state index >= 15 is 0 Å². The molecule has 8 nitrogen and oxygen atoms in total. The van der Waals surface area contributed by atoms with Crippen LogP contribution in [-0.4, -0.2) is 68.6 Å². The minimum absolute atomic E-state index is 0.0735. The van der Waals surface area contributed by atoms with Gasteiger partial charge in [0, 0.05) is 60.7 Å². The summed E-state index contributed by atoms with van der Waals surface area (Å²) in [5.41, 5.74) is -0.782. The Kier molecular flexibility index (Phi) is 15.5. The Labute approximate surface area is 306 Å². The third-order valence-corrected chi connectivity index (χ3v) is 11.8. The van der Waals surface area contributed by atoms with Gasteiger partial charge >= 0.3 is 11.9 Å². The minimum Gasteiger partial charge on any atom is -0.462 e. The minimum atomic E-state index is -0.196. The molecule has 0 N–H and O–H groups in total. The molecule has 0 aromatic rings. The first-order valence-corrected chi connectivity index (χ1v) is 20.9. The number of hydrogen-bond donors (Lipinski definition) is 0. The van der Waals surface area contributed by atoms with Gasteiger partial charge in [0.05, 0.1) is 12.2 Å². The van der Waals surface area contributed by atoms with Crippen molar-refractivity contribution >= 4 is 11.9 Å². The lowest BCUT2D eigenvalue weighted by molar-refractivity contribution is -0.316. The molecule has 2 aliphatic heterocycles. The molecule has 290 valence electrons. The Morgan fingerprint density at radius 2 is 0.720 bits per heavy atom. The smallest absolute Gasteiger partial charge is 0.306 e. The summed E-state index contributed by atoms with van der Waals surface area (Å²) in [6.45, 7) is 17.8. The van der Waals surface area contributed by atoms with Crippen LogP contribution in [0.2, 0.25) is 0 Å². The molecule has 50 heavy (non-hydrogen) atoms. The summed E-state index contributed by atoms with van der Waals surface area (Å²) < 4.78 is 12.1. The first kappa shape index (κ1) is 41.5. The number of unbranched alkanes of at least 4 members (excludes halogenated alkanes) is 5. The number of carbonyl (C=O) groups excluding carboxylic acids is 2. The SMILES string of the molecule is CC1(C)CC(OC(=O)CCCCCCCCC(=O)OC2CC(C)(C)N(OC3CCCCCC3)C(C)(C)C2)CC(C)(C)N1OC1CCCCCC1. The molecule has 2 saturated carbocycles. The zero-order chi connectivity index (χ0) is 36.4. The van der Waals surface area contributed by atoms with Crippen molar-refractivity contribution in [3.05, 3.63) is 0 Å². The van der Waals surface area contributed by atoms with E-state index in [4.69, 9.17) is 19.1 Å². The van der Waals surface area contributed by atoms with Crippen LogP contribution in [0, 0.1) is 0 Å². The van der Waals surface area contributed by atoms with E-state index in [0.29, 0.717) is 25.0 Å². The van der Waals surface area contributed by atoms with Gasteiger partial charge in [-0.1, -0.05) is 77.0 Å². The first-order chi connectivity index (χ1) is 23.6. The molecule has 2 heterocycles. The number of esters is 2. The fourth-order valence-electron chi connectivity index (χ4n) is 9.81. The standard InChI is InChI=1S/C42H76N2O6/c1-39(2)29-35(30-40(3,4)43(39)49-33-23-17-13-14-18-24-33)47-37(45)27-21-11-9-10-12-22-28-38(46)48-36-31-41(5,6)44(42(7,8)32-36)50-34-25-19-15-16-20-26-34/h33-36H,9-32H2,1-8H3. The quantitative estimate of drug-likeness (QED) is 0.0947. The highest BCUT2D eigenvalue weighted by molar-refractivity contribution is 5.69. The lowest BCUT2D eigenvalue weighted by Gasteiger charge is -2.54. The predicted molar refractivity (Wildman–Crippen MR) is 200 cm³/mol. The van der Waals surface area contributed by atoms with E-state index in [2.05, 4.69) is 65.5 Å². The number of carbonyl (C=O) groups is 2. The van der Waals surface area contributed by atoms with E-state index < -0.39 is 0 Å². The molecule has 0 bridgehead atoms. The molecule has 4 aliphatic rings. The van der Waals surface area contributed by atoms with Gasteiger partial charge in [-0.05, 0) is 93.9 Å². The zero-order valence-corrected chi connectivity index (χ0v) is 33.6. The topological polar surface area (TPSA) is 77.5 Å². The first-order valence-electron chi connectivity index (χ1n) is 20.9. The summed E-state index contributed by atoms with van der Waals surface area (Å²) in [7, 11) is 0. The molecule has 4 fully saturated rings. The van der Waals surface area contributed by atoms with E-state index in [1.807, 2.05) is 0 Å². The average Bonchev–Trinajstić information content (AvgIpc) is 3.43. The predicted octanol–water partition coefficient (Wildman–Crippen LogP) is 10.5. The lowest BCUT2D eigenvalue weighted by Crippen LogP contribution is -2.62. The van der Waals surface area contributed by atoms with E-state index in [1.54, 1.807) is 0 Å². The van der Waals surface area contributed by atoms with E-state index in [9.17, 15) is 9.59 Å². The van der Waals surface area contributed by atoms with Crippen molar-refractivity contribution in [3.63, 3.8) is 0 Å². The van der Waals surface area contributed by atoms with Crippen molar-refractivity contribution in [2.45, 2.75) is 256 Å². The van der Waals surface area contributed by atoms with Crippen molar-refractivity contribution in [1.82, 2.24) is 10.1 Å². The molecule has 0 unspecified atom stereocenters. The second-order valence-corrected chi connectivity index (χ2v) is 18.9. The van der Waals surface area contributed by atoms with Crippen LogP contribution in [0.3, 0.4) is 0 Å². The van der Waals surface area contributed by atoms with E-state index in [-0.39, 0.29) is 46.3 Å². The Balaban J connectivity index is 1.06. The number of rotatable bonds is 15. The number of nitrogens with zero attached hydrogens (tertiary/aromatic N) is 2. The van der Waals surface area contributed by atoms with Crippen LogP contribution >= 0.6 is 0 Å².